The van der Waals surface area contributed by atoms with Gasteiger partial charge < -0.3 is 15.8 Å². The highest BCUT2D eigenvalue weighted by atomic mass is 16.5. The Morgan fingerprint density at radius 2 is 2.07 bits per heavy atom. The van der Waals surface area contributed by atoms with Gasteiger partial charge in [0, 0.05) is 25.6 Å². The van der Waals surface area contributed by atoms with Crippen molar-refractivity contribution in [2.45, 2.75) is 31.7 Å². The number of carbonyl (C=O) groups excluding carboxylic acids is 1. The number of amides is 1. The number of ether oxygens (including phenoxy) is 1. The maximum absolute atomic E-state index is 11.6. The number of hydrogen-bond acceptors (Lipinski definition) is 3. The van der Waals surface area contributed by atoms with Crippen LogP contribution >= 0.6 is 0 Å². The van der Waals surface area contributed by atoms with Crippen molar-refractivity contribution in [1.82, 2.24) is 5.32 Å². The zero-order chi connectivity index (χ0) is 10.4. The first-order valence-electron chi connectivity index (χ1n) is 5.26. The molecule has 1 aliphatic carbocycles. The molecule has 1 amide bonds. The average Bonchev–Trinajstić information content (AvgIpc) is 2.19. The molecule has 1 rings (SSSR count). The van der Waals surface area contributed by atoms with Crippen molar-refractivity contribution in [3.05, 3.63) is 0 Å². The lowest BCUT2D eigenvalue weighted by Crippen LogP contribution is -2.37. The van der Waals surface area contributed by atoms with E-state index in [1.165, 1.54) is 0 Å². The van der Waals surface area contributed by atoms with Crippen molar-refractivity contribution in [3.8, 4) is 0 Å². The topological polar surface area (TPSA) is 64.3 Å². The highest BCUT2D eigenvalue weighted by molar-refractivity contribution is 5.78. The summed E-state index contributed by atoms with van der Waals surface area (Å²) < 4.78 is 4.86. The first-order chi connectivity index (χ1) is 6.74. The Morgan fingerprint density at radius 1 is 1.43 bits per heavy atom. The predicted molar refractivity (Wildman–Crippen MR) is 54.8 cm³/mol. The smallest absolute Gasteiger partial charge is 0.223 e. The molecule has 82 valence electrons. The Bertz CT molecular complexity index is 177. The molecule has 0 bridgehead atoms. The summed E-state index contributed by atoms with van der Waals surface area (Å²) >= 11 is 0. The summed E-state index contributed by atoms with van der Waals surface area (Å²) in [5.74, 6) is 0.334. The van der Waals surface area contributed by atoms with Crippen LogP contribution < -0.4 is 11.1 Å². The molecule has 0 radical (unpaired) electrons. The van der Waals surface area contributed by atoms with Crippen LogP contribution in [0.2, 0.25) is 0 Å². The van der Waals surface area contributed by atoms with Gasteiger partial charge in [0.05, 0.1) is 6.61 Å². The number of carbonyl (C=O) groups is 1. The largest absolute Gasteiger partial charge is 0.383 e. The molecule has 4 nitrogen and oxygen atoms in total. The van der Waals surface area contributed by atoms with Crippen LogP contribution in [0.3, 0.4) is 0 Å². The monoisotopic (exact) mass is 200 g/mol. The first kappa shape index (κ1) is 11.5. The van der Waals surface area contributed by atoms with Crippen LogP contribution in [0.1, 0.15) is 25.7 Å². The maximum atomic E-state index is 11.6. The number of nitrogens with one attached hydrogen (secondary N) is 1. The summed E-state index contributed by atoms with van der Waals surface area (Å²) in [4.78, 5) is 11.6. The van der Waals surface area contributed by atoms with E-state index in [9.17, 15) is 4.79 Å². The zero-order valence-corrected chi connectivity index (χ0v) is 8.79. The van der Waals surface area contributed by atoms with E-state index >= 15 is 0 Å². The molecule has 0 spiro atoms. The Balaban J connectivity index is 2.17. The highest BCUT2D eigenvalue weighted by Gasteiger charge is 2.23. The maximum Gasteiger partial charge on any atom is 0.223 e. The van der Waals surface area contributed by atoms with Gasteiger partial charge in [0.1, 0.15) is 0 Å². The second-order valence-corrected chi connectivity index (χ2v) is 3.90. The molecule has 0 aromatic heterocycles. The Kier molecular flexibility index (Phi) is 4.90. The molecule has 1 saturated carbocycles. The second kappa shape index (κ2) is 5.98. The fourth-order valence-corrected chi connectivity index (χ4v) is 1.80. The van der Waals surface area contributed by atoms with Crippen molar-refractivity contribution in [2.75, 3.05) is 20.3 Å². The number of methoxy groups -OCH3 is 1. The summed E-state index contributed by atoms with van der Waals surface area (Å²) in [5, 5.41) is 2.86. The standard InChI is InChI=1S/C10H20N2O2/c1-14-7-6-12-10(13)8-2-4-9(11)5-3-8/h8-9H,2-7,11H2,1H3,(H,12,13). The van der Waals surface area contributed by atoms with Gasteiger partial charge in [-0.2, -0.15) is 0 Å². The molecule has 0 saturated heterocycles. The zero-order valence-electron chi connectivity index (χ0n) is 8.79. The Morgan fingerprint density at radius 3 is 2.64 bits per heavy atom. The molecule has 1 aliphatic rings. The second-order valence-electron chi connectivity index (χ2n) is 3.90. The lowest BCUT2D eigenvalue weighted by molar-refractivity contribution is -0.126. The molecule has 3 N–H and O–H groups in total. The fraction of sp³-hybridized carbons (Fsp3) is 0.900. The number of nitrogens with two attached hydrogens (primary N) is 1. The molecule has 4 heteroatoms. The van der Waals surface area contributed by atoms with E-state index in [1.54, 1.807) is 7.11 Å². The lowest BCUT2D eigenvalue weighted by Gasteiger charge is -2.25. The third-order valence-corrected chi connectivity index (χ3v) is 2.75. The molecule has 0 heterocycles. The molecule has 1 fully saturated rings. The molecule has 0 atom stereocenters. The Labute approximate surface area is 85.2 Å². The first-order valence-corrected chi connectivity index (χ1v) is 5.26. The minimum absolute atomic E-state index is 0.161. The van der Waals surface area contributed by atoms with E-state index in [-0.39, 0.29) is 11.8 Å². The molecule has 0 aliphatic heterocycles. The summed E-state index contributed by atoms with van der Waals surface area (Å²) in [6.45, 7) is 1.19. The summed E-state index contributed by atoms with van der Waals surface area (Å²) in [6.07, 6.45) is 3.81. The molecule has 0 aromatic rings. The van der Waals surface area contributed by atoms with Gasteiger partial charge in [0.25, 0.3) is 0 Å². The van der Waals surface area contributed by atoms with Crippen molar-refractivity contribution in [1.29, 1.82) is 0 Å². The lowest BCUT2D eigenvalue weighted by atomic mass is 9.86. The average molecular weight is 200 g/mol. The summed E-state index contributed by atoms with van der Waals surface area (Å²) in [7, 11) is 1.63. The fourth-order valence-electron chi connectivity index (χ4n) is 1.80. The van der Waals surface area contributed by atoms with Gasteiger partial charge in [-0.15, -0.1) is 0 Å². The van der Waals surface area contributed by atoms with Crippen LogP contribution in [0.25, 0.3) is 0 Å². The van der Waals surface area contributed by atoms with Crippen LogP contribution in [0.4, 0.5) is 0 Å². The van der Waals surface area contributed by atoms with E-state index in [2.05, 4.69) is 5.32 Å². The minimum Gasteiger partial charge on any atom is -0.383 e. The van der Waals surface area contributed by atoms with Gasteiger partial charge in [-0.25, -0.2) is 0 Å². The van der Waals surface area contributed by atoms with Crippen molar-refractivity contribution in [3.63, 3.8) is 0 Å². The molecular formula is C10H20N2O2. The van der Waals surface area contributed by atoms with Gasteiger partial charge in [-0.05, 0) is 25.7 Å². The van der Waals surface area contributed by atoms with Gasteiger partial charge in [-0.3, -0.25) is 4.79 Å². The van der Waals surface area contributed by atoms with Gasteiger partial charge in [0.2, 0.25) is 5.91 Å². The van der Waals surface area contributed by atoms with Crippen LogP contribution in [-0.4, -0.2) is 32.2 Å². The van der Waals surface area contributed by atoms with Crippen LogP contribution in [-0.2, 0) is 9.53 Å². The highest BCUT2D eigenvalue weighted by Crippen LogP contribution is 2.22. The van der Waals surface area contributed by atoms with Gasteiger partial charge in [-0.1, -0.05) is 0 Å². The molecule has 14 heavy (non-hydrogen) atoms. The molecular weight excluding hydrogens is 180 g/mol. The quantitative estimate of drug-likeness (QED) is 0.640. The third-order valence-electron chi connectivity index (χ3n) is 2.75. The van der Waals surface area contributed by atoms with E-state index < -0.39 is 0 Å². The van der Waals surface area contributed by atoms with E-state index in [1.807, 2.05) is 0 Å². The minimum atomic E-state index is 0.161. The third kappa shape index (κ3) is 3.64. The van der Waals surface area contributed by atoms with Gasteiger partial charge in [0.15, 0.2) is 0 Å². The number of rotatable bonds is 4. The van der Waals surface area contributed by atoms with Crippen LogP contribution in [0, 0.1) is 5.92 Å². The van der Waals surface area contributed by atoms with Gasteiger partial charge >= 0.3 is 0 Å². The van der Waals surface area contributed by atoms with Crippen molar-refractivity contribution < 1.29 is 9.53 Å². The van der Waals surface area contributed by atoms with Crippen LogP contribution in [0.5, 0.6) is 0 Å². The summed E-state index contributed by atoms with van der Waals surface area (Å²) in [6, 6.07) is 0.304. The van der Waals surface area contributed by atoms with E-state index in [0.717, 1.165) is 25.7 Å². The van der Waals surface area contributed by atoms with Crippen molar-refractivity contribution in [2.24, 2.45) is 11.7 Å². The predicted octanol–water partition coefficient (Wildman–Crippen LogP) is 0.267. The number of hydrogen-bond donors (Lipinski definition) is 2. The van der Waals surface area contributed by atoms with E-state index in [0.29, 0.717) is 19.2 Å². The summed E-state index contributed by atoms with van der Waals surface area (Å²) in [5.41, 5.74) is 5.77. The molecule has 0 aromatic carbocycles. The van der Waals surface area contributed by atoms with E-state index in [4.69, 9.17) is 10.5 Å². The normalized spacial score (nSPS) is 27.3. The Hall–Kier alpha value is -0.610. The van der Waals surface area contributed by atoms with Crippen molar-refractivity contribution >= 4 is 5.91 Å². The van der Waals surface area contributed by atoms with Crippen LogP contribution in [0.15, 0.2) is 0 Å². The SMILES string of the molecule is COCCNC(=O)C1CCC(N)CC1. The molecule has 0 unspecified atom stereocenters.